The van der Waals surface area contributed by atoms with Crippen LogP contribution in [0.15, 0.2) is 23.1 Å². The van der Waals surface area contributed by atoms with Crippen molar-refractivity contribution in [2.24, 2.45) is 0 Å². The van der Waals surface area contributed by atoms with Gasteiger partial charge in [-0.2, -0.15) is 8.42 Å². The first-order valence-corrected chi connectivity index (χ1v) is 7.45. The van der Waals surface area contributed by atoms with Gasteiger partial charge in [-0.1, -0.05) is 17.7 Å². The van der Waals surface area contributed by atoms with Crippen LogP contribution in [-0.4, -0.2) is 21.5 Å². The minimum atomic E-state index is -3.87. The molecule has 0 saturated heterocycles. The highest BCUT2D eigenvalue weighted by atomic mass is 32.2. The van der Waals surface area contributed by atoms with Gasteiger partial charge in [-0.15, -0.1) is 0 Å². The summed E-state index contributed by atoms with van der Waals surface area (Å²) in [5.41, 5.74) is 1.29. The number of rotatable bonds is 3. The van der Waals surface area contributed by atoms with Crippen molar-refractivity contribution in [3.63, 3.8) is 0 Å². The number of halogens is 2. The van der Waals surface area contributed by atoms with Gasteiger partial charge in [-0.25, -0.2) is 8.78 Å². The fourth-order valence-corrected chi connectivity index (χ4v) is 3.45. The molecule has 0 radical (unpaired) electrons. The standard InChI is InChI=1S/C13H16F2O3S/c1-9-3-4-12(19(16,17)18-2)11(7-9)10-5-6-13(14,15)8-10/h3-4,7,10H,5-6,8H2,1-2H3. The van der Waals surface area contributed by atoms with Crippen LogP contribution in [0, 0.1) is 6.92 Å². The lowest BCUT2D eigenvalue weighted by molar-refractivity contribution is 0.00768. The van der Waals surface area contributed by atoms with Gasteiger partial charge in [-0.05, 0) is 30.9 Å². The van der Waals surface area contributed by atoms with E-state index in [1.54, 1.807) is 19.1 Å². The maximum atomic E-state index is 13.3. The van der Waals surface area contributed by atoms with Crippen molar-refractivity contribution in [2.75, 3.05) is 7.11 Å². The third-order valence-electron chi connectivity index (χ3n) is 3.50. The van der Waals surface area contributed by atoms with E-state index in [2.05, 4.69) is 4.18 Å². The Balaban J connectivity index is 2.48. The molecule has 106 valence electrons. The summed E-state index contributed by atoms with van der Waals surface area (Å²) in [4.78, 5) is 0.00306. The fourth-order valence-electron chi connectivity index (χ4n) is 2.52. The molecule has 1 aliphatic carbocycles. The molecule has 1 saturated carbocycles. The molecule has 1 aliphatic rings. The van der Waals surface area contributed by atoms with Crippen LogP contribution in [0.3, 0.4) is 0 Å². The van der Waals surface area contributed by atoms with E-state index in [1.807, 2.05) is 0 Å². The third-order valence-corrected chi connectivity index (χ3v) is 4.85. The highest BCUT2D eigenvalue weighted by molar-refractivity contribution is 7.86. The van der Waals surface area contributed by atoms with Crippen LogP contribution in [0.4, 0.5) is 8.78 Å². The van der Waals surface area contributed by atoms with Crippen molar-refractivity contribution in [1.29, 1.82) is 0 Å². The lowest BCUT2D eigenvalue weighted by Crippen LogP contribution is -2.12. The van der Waals surface area contributed by atoms with E-state index >= 15 is 0 Å². The van der Waals surface area contributed by atoms with Crippen LogP contribution in [0.2, 0.25) is 0 Å². The summed E-state index contributed by atoms with van der Waals surface area (Å²) < 4.78 is 54.8. The Bertz CT molecular complexity index is 582. The molecule has 19 heavy (non-hydrogen) atoms. The zero-order valence-electron chi connectivity index (χ0n) is 10.8. The average molecular weight is 290 g/mol. The molecule has 3 nitrogen and oxygen atoms in total. The average Bonchev–Trinajstić information content (AvgIpc) is 2.69. The summed E-state index contributed by atoms with van der Waals surface area (Å²) in [5, 5.41) is 0. The zero-order valence-corrected chi connectivity index (χ0v) is 11.6. The summed E-state index contributed by atoms with van der Waals surface area (Å²) in [7, 11) is -2.79. The topological polar surface area (TPSA) is 43.4 Å². The molecule has 0 bridgehead atoms. The number of hydrogen-bond donors (Lipinski definition) is 0. The second-order valence-corrected chi connectivity index (χ2v) is 6.64. The van der Waals surface area contributed by atoms with Crippen LogP contribution < -0.4 is 0 Å². The van der Waals surface area contributed by atoms with Crippen molar-refractivity contribution >= 4 is 10.1 Å². The largest absolute Gasteiger partial charge is 0.296 e. The Morgan fingerprint density at radius 2 is 2.05 bits per heavy atom. The summed E-state index contributed by atoms with van der Waals surface area (Å²) >= 11 is 0. The van der Waals surface area contributed by atoms with E-state index < -0.39 is 22.0 Å². The molecule has 1 aromatic carbocycles. The lowest BCUT2D eigenvalue weighted by Gasteiger charge is -2.16. The highest BCUT2D eigenvalue weighted by Crippen LogP contribution is 2.45. The van der Waals surface area contributed by atoms with Crippen molar-refractivity contribution in [3.8, 4) is 0 Å². The molecule has 1 atom stereocenters. The van der Waals surface area contributed by atoms with Gasteiger partial charge < -0.3 is 0 Å². The van der Waals surface area contributed by atoms with Gasteiger partial charge in [0.05, 0.1) is 12.0 Å². The van der Waals surface area contributed by atoms with E-state index in [4.69, 9.17) is 0 Å². The van der Waals surface area contributed by atoms with E-state index in [-0.39, 0.29) is 17.7 Å². The van der Waals surface area contributed by atoms with Gasteiger partial charge in [0.1, 0.15) is 0 Å². The second-order valence-electron chi connectivity index (χ2n) is 4.96. The Morgan fingerprint density at radius 3 is 2.58 bits per heavy atom. The normalized spacial score (nSPS) is 22.6. The molecule has 1 unspecified atom stereocenters. The molecule has 0 heterocycles. The minimum absolute atomic E-state index is 0.00306. The Labute approximate surface area is 111 Å². The third kappa shape index (κ3) is 2.95. The first kappa shape index (κ1) is 14.4. The van der Waals surface area contributed by atoms with Crippen LogP contribution in [0.1, 0.15) is 36.3 Å². The van der Waals surface area contributed by atoms with E-state index in [0.717, 1.165) is 12.7 Å². The van der Waals surface area contributed by atoms with E-state index in [1.165, 1.54) is 6.07 Å². The Morgan fingerprint density at radius 1 is 1.37 bits per heavy atom. The number of aryl methyl sites for hydroxylation is 1. The molecule has 2 rings (SSSR count). The molecule has 1 fully saturated rings. The molecule has 1 aromatic rings. The molecule has 0 N–H and O–H groups in total. The van der Waals surface area contributed by atoms with E-state index in [0.29, 0.717) is 12.0 Å². The zero-order chi connectivity index (χ0) is 14.3. The molecule has 6 heteroatoms. The maximum absolute atomic E-state index is 13.3. The maximum Gasteiger partial charge on any atom is 0.296 e. The van der Waals surface area contributed by atoms with Crippen molar-refractivity contribution in [2.45, 2.75) is 42.9 Å². The smallest absolute Gasteiger partial charge is 0.270 e. The lowest BCUT2D eigenvalue weighted by atomic mass is 9.96. The molecular weight excluding hydrogens is 274 g/mol. The van der Waals surface area contributed by atoms with Gasteiger partial charge in [-0.3, -0.25) is 4.18 Å². The summed E-state index contributed by atoms with van der Waals surface area (Å²) in [6, 6.07) is 4.74. The summed E-state index contributed by atoms with van der Waals surface area (Å²) in [5.74, 6) is -3.14. The van der Waals surface area contributed by atoms with Crippen molar-refractivity contribution in [3.05, 3.63) is 29.3 Å². The SMILES string of the molecule is COS(=O)(=O)c1ccc(C)cc1C1CCC(F)(F)C1. The van der Waals surface area contributed by atoms with Gasteiger partial charge in [0.2, 0.25) is 5.92 Å². The number of alkyl halides is 2. The van der Waals surface area contributed by atoms with Crippen molar-refractivity contribution < 1.29 is 21.4 Å². The van der Waals surface area contributed by atoms with Crippen LogP contribution in [0.5, 0.6) is 0 Å². The Kier molecular flexibility index (Phi) is 3.66. The molecule has 0 amide bonds. The predicted octanol–water partition coefficient (Wildman–Crippen LogP) is 3.23. The van der Waals surface area contributed by atoms with E-state index in [9.17, 15) is 17.2 Å². The monoisotopic (exact) mass is 290 g/mol. The van der Waals surface area contributed by atoms with Crippen molar-refractivity contribution in [1.82, 2.24) is 0 Å². The van der Waals surface area contributed by atoms with Crippen LogP contribution in [0.25, 0.3) is 0 Å². The van der Waals surface area contributed by atoms with Gasteiger partial charge in [0.15, 0.2) is 0 Å². The molecule has 0 aliphatic heterocycles. The van der Waals surface area contributed by atoms with Crippen LogP contribution in [-0.2, 0) is 14.3 Å². The first-order chi connectivity index (χ1) is 8.75. The van der Waals surface area contributed by atoms with Gasteiger partial charge in [0, 0.05) is 12.8 Å². The molecule has 0 spiro atoms. The fraction of sp³-hybridized carbons (Fsp3) is 0.538. The summed E-state index contributed by atoms with van der Waals surface area (Å²) in [6.45, 7) is 1.81. The summed E-state index contributed by atoms with van der Waals surface area (Å²) in [6.07, 6.45) is -0.205. The quantitative estimate of drug-likeness (QED) is 0.803. The predicted molar refractivity (Wildman–Crippen MR) is 66.9 cm³/mol. The number of benzene rings is 1. The minimum Gasteiger partial charge on any atom is -0.270 e. The van der Waals surface area contributed by atoms with Gasteiger partial charge >= 0.3 is 0 Å². The highest BCUT2D eigenvalue weighted by Gasteiger charge is 2.41. The molecule has 0 aromatic heterocycles. The second kappa shape index (κ2) is 4.83. The number of hydrogen-bond acceptors (Lipinski definition) is 3. The first-order valence-electron chi connectivity index (χ1n) is 6.04. The van der Waals surface area contributed by atoms with Gasteiger partial charge in [0.25, 0.3) is 10.1 Å². The van der Waals surface area contributed by atoms with Crippen LogP contribution >= 0.6 is 0 Å². The molecular formula is C13H16F2O3S. The Hall–Kier alpha value is -1.01.